The summed E-state index contributed by atoms with van der Waals surface area (Å²) in [5, 5.41) is 0. The lowest BCUT2D eigenvalue weighted by molar-refractivity contribution is 0.0130. The highest BCUT2D eigenvalue weighted by Crippen LogP contribution is 2.25. The Morgan fingerprint density at radius 2 is 1.78 bits per heavy atom. The van der Waals surface area contributed by atoms with E-state index in [-0.39, 0.29) is 6.09 Å². The van der Waals surface area contributed by atoms with Crippen LogP contribution in [-0.2, 0) is 4.74 Å². The van der Waals surface area contributed by atoms with Crippen molar-refractivity contribution in [1.82, 2.24) is 9.80 Å². The summed E-state index contributed by atoms with van der Waals surface area (Å²) in [4.78, 5) is 19.0. The highest BCUT2D eigenvalue weighted by atomic mass is 16.6. The number of ether oxygens (including phenoxy) is 1. The summed E-state index contributed by atoms with van der Waals surface area (Å²) in [6.45, 7) is 12.5. The van der Waals surface area contributed by atoms with Gasteiger partial charge in [0.05, 0.1) is 0 Å². The average Bonchev–Trinajstić information content (AvgIpc) is 2.61. The molecule has 1 amide bonds. The monoisotopic (exact) mass is 374 g/mol. The zero-order valence-electron chi connectivity index (χ0n) is 17.0. The van der Waals surface area contributed by atoms with Crippen LogP contribution in [0.1, 0.15) is 33.6 Å². The maximum Gasteiger partial charge on any atom is 0.410 e. The highest BCUT2D eigenvalue weighted by molar-refractivity contribution is 5.68. The van der Waals surface area contributed by atoms with Gasteiger partial charge in [0, 0.05) is 57.2 Å². The van der Waals surface area contributed by atoms with E-state index in [0.717, 1.165) is 57.4 Å². The smallest absolute Gasteiger partial charge is 0.410 e. The van der Waals surface area contributed by atoms with Crippen molar-refractivity contribution in [2.75, 3.05) is 56.4 Å². The lowest BCUT2D eigenvalue weighted by Crippen LogP contribution is -2.51. The van der Waals surface area contributed by atoms with Crippen molar-refractivity contribution >= 4 is 17.5 Å². The van der Waals surface area contributed by atoms with Crippen LogP contribution in [0.25, 0.3) is 0 Å². The van der Waals surface area contributed by atoms with E-state index >= 15 is 0 Å². The third-order valence-electron chi connectivity index (χ3n) is 5.39. The normalized spacial score (nSPS) is 20.0. The number of anilines is 2. The van der Waals surface area contributed by atoms with Crippen LogP contribution in [0.15, 0.2) is 24.3 Å². The summed E-state index contributed by atoms with van der Waals surface area (Å²) in [6, 6.07) is 8.18. The molecule has 0 saturated carbocycles. The molecular weight excluding hydrogens is 340 g/mol. The van der Waals surface area contributed by atoms with Crippen molar-refractivity contribution in [2.24, 2.45) is 5.92 Å². The molecule has 6 nitrogen and oxygen atoms in total. The molecule has 2 saturated heterocycles. The second-order valence-corrected chi connectivity index (χ2v) is 8.79. The van der Waals surface area contributed by atoms with Crippen molar-refractivity contribution in [3.05, 3.63) is 24.3 Å². The van der Waals surface area contributed by atoms with Crippen molar-refractivity contribution in [3.63, 3.8) is 0 Å². The summed E-state index contributed by atoms with van der Waals surface area (Å²) in [5.41, 5.74) is 7.55. The SMILES string of the molecule is CC(C)(C)OC(=O)N1CCN(CC2CCN(c3cccc(N)c3)CC2)CC1. The van der Waals surface area contributed by atoms with Gasteiger partial charge in [-0.05, 0) is 57.7 Å². The number of amides is 1. The summed E-state index contributed by atoms with van der Waals surface area (Å²) >= 11 is 0. The van der Waals surface area contributed by atoms with E-state index in [2.05, 4.69) is 21.9 Å². The van der Waals surface area contributed by atoms with Crippen LogP contribution >= 0.6 is 0 Å². The van der Waals surface area contributed by atoms with Gasteiger partial charge in [-0.15, -0.1) is 0 Å². The van der Waals surface area contributed by atoms with Crippen LogP contribution < -0.4 is 10.6 Å². The third kappa shape index (κ3) is 5.76. The first-order valence-electron chi connectivity index (χ1n) is 10.1. The van der Waals surface area contributed by atoms with Crippen LogP contribution in [0.4, 0.5) is 16.2 Å². The molecule has 2 heterocycles. The molecule has 2 fully saturated rings. The van der Waals surface area contributed by atoms with Gasteiger partial charge < -0.3 is 20.3 Å². The molecule has 1 aromatic rings. The summed E-state index contributed by atoms with van der Waals surface area (Å²) in [7, 11) is 0. The van der Waals surface area contributed by atoms with E-state index in [0.29, 0.717) is 0 Å². The molecule has 2 aliphatic rings. The molecule has 0 radical (unpaired) electrons. The molecule has 3 rings (SSSR count). The first-order chi connectivity index (χ1) is 12.8. The minimum atomic E-state index is -0.425. The Balaban J connectivity index is 1.40. The largest absolute Gasteiger partial charge is 0.444 e. The van der Waals surface area contributed by atoms with Gasteiger partial charge >= 0.3 is 6.09 Å². The number of rotatable bonds is 3. The van der Waals surface area contributed by atoms with Crippen LogP contribution in [0, 0.1) is 5.92 Å². The molecule has 0 aliphatic carbocycles. The first kappa shape index (κ1) is 19.8. The van der Waals surface area contributed by atoms with Crippen molar-refractivity contribution in [1.29, 1.82) is 0 Å². The number of benzene rings is 1. The molecule has 0 atom stereocenters. The minimum Gasteiger partial charge on any atom is -0.444 e. The van der Waals surface area contributed by atoms with E-state index in [9.17, 15) is 4.79 Å². The zero-order valence-corrected chi connectivity index (χ0v) is 17.0. The minimum absolute atomic E-state index is 0.183. The number of piperazine rings is 1. The van der Waals surface area contributed by atoms with Crippen molar-refractivity contribution in [2.45, 2.75) is 39.2 Å². The Hall–Kier alpha value is -1.95. The molecular formula is C21H34N4O2. The number of hydrogen-bond acceptors (Lipinski definition) is 5. The van der Waals surface area contributed by atoms with Gasteiger partial charge in [-0.25, -0.2) is 4.79 Å². The van der Waals surface area contributed by atoms with Gasteiger partial charge in [0.15, 0.2) is 0 Å². The Morgan fingerprint density at radius 1 is 1.11 bits per heavy atom. The first-order valence-corrected chi connectivity index (χ1v) is 10.1. The average molecular weight is 375 g/mol. The van der Waals surface area contributed by atoms with Crippen LogP contribution in [0.2, 0.25) is 0 Å². The maximum atomic E-state index is 12.2. The number of nitrogens with two attached hydrogens (primary N) is 1. The second-order valence-electron chi connectivity index (χ2n) is 8.79. The molecule has 0 spiro atoms. The lowest BCUT2D eigenvalue weighted by Gasteiger charge is -2.39. The summed E-state index contributed by atoms with van der Waals surface area (Å²) < 4.78 is 5.48. The van der Waals surface area contributed by atoms with Crippen molar-refractivity contribution < 1.29 is 9.53 Å². The van der Waals surface area contributed by atoms with Gasteiger partial charge in [-0.1, -0.05) is 6.07 Å². The van der Waals surface area contributed by atoms with Gasteiger partial charge in [0.2, 0.25) is 0 Å². The quantitative estimate of drug-likeness (QED) is 0.824. The van der Waals surface area contributed by atoms with Crippen LogP contribution in [-0.4, -0.2) is 67.3 Å². The number of piperidine rings is 1. The Bertz CT molecular complexity index is 627. The molecule has 0 bridgehead atoms. The van der Waals surface area contributed by atoms with Gasteiger partial charge in [-0.2, -0.15) is 0 Å². The third-order valence-corrected chi connectivity index (χ3v) is 5.39. The van der Waals surface area contributed by atoms with Crippen molar-refractivity contribution in [3.8, 4) is 0 Å². The molecule has 0 unspecified atom stereocenters. The van der Waals surface area contributed by atoms with E-state index in [1.807, 2.05) is 37.8 Å². The van der Waals surface area contributed by atoms with Crippen LogP contribution in [0.3, 0.4) is 0 Å². The van der Waals surface area contributed by atoms with Crippen LogP contribution in [0.5, 0.6) is 0 Å². The topological polar surface area (TPSA) is 62.0 Å². The van der Waals surface area contributed by atoms with Gasteiger partial charge in [-0.3, -0.25) is 4.90 Å². The number of nitrogens with zero attached hydrogens (tertiary/aromatic N) is 3. The predicted octanol–water partition coefficient (Wildman–Crippen LogP) is 3.04. The molecule has 150 valence electrons. The highest BCUT2D eigenvalue weighted by Gasteiger charge is 2.28. The molecule has 1 aromatic carbocycles. The van der Waals surface area contributed by atoms with Gasteiger partial charge in [0.25, 0.3) is 0 Å². The summed E-state index contributed by atoms with van der Waals surface area (Å²) in [5.74, 6) is 0.732. The second kappa shape index (κ2) is 8.38. The summed E-state index contributed by atoms with van der Waals surface area (Å²) in [6.07, 6.45) is 2.24. The standard InChI is InChI=1S/C21H34N4O2/c1-21(2,3)27-20(26)25-13-11-23(12-14-25)16-17-7-9-24(10-8-17)19-6-4-5-18(22)15-19/h4-6,15,17H,7-14,16,22H2,1-3H3. The van der Waals surface area contributed by atoms with E-state index in [1.54, 1.807) is 0 Å². The molecule has 0 aromatic heterocycles. The van der Waals surface area contributed by atoms with E-state index in [1.165, 1.54) is 18.5 Å². The predicted molar refractivity (Wildman–Crippen MR) is 110 cm³/mol. The Kier molecular flexibility index (Phi) is 6.15. The number of nitrogen functional groups attached to an aromatic ring is 1. The zero-order chi connectivity index (χ0) is 19.4. The van der Waals surface area contributed by atoms with E-state index in [4.69, 9.17) is 10.5 Å². The Morgan fingerprint density at radius 3 is 2.37 bits per heavy atom. The molecule has 27 heavy (non-hydrogen) atoms. The number of carbonyl (C=O) groups is 1. The number of hydrogen-bond donors (Lipinski definition) is 1. The Labute approximate surface area is 163 Å². The van der Waals surface area contributed by atoms with E-state index < -0.39 is 5.60 Å². The maximum absolute atomic E-state index is 12.2. The lowest BCUT2D eigenvalue weighted by atomic mass is 9.95. The molecule has 2 N–H and O–H groups in total. The van der Waals surface area contributed by atoms with Gasteiger partial charge in [0.1, 0.15) is 5.60 Å². The number of carbonyl (C=O) groups excluding carboxylic acids is 1. The molecule has 6 heteroatoms. The molecule has 2 aliphatic heterocycles. The fourth-order valence-electron chi connectivity index (χ4n) is 3.90. The fourth-order valence-corrected chi connectivity index (χ4v) is 3.90. The fraction of sp³-hybridized carbons (Fsp3) is 0.667.